The highest BCUT2D eigenvalue weighted by molar-refractivity contribution is 5.71. The van der Waals surface area contributed by atoms with Crippen LogP contribution in [0.15, 0.2) is 0 Å². The Morgan fingerprint density at radius 1 is 0.266 bits per heavy atom. The van der Waals surface area contributed by atoms with E-state index in [0.717, 1.165) is 75.5 Å². The van der Waals surface area contributed by atoms with Gasteiger partial charge >= 0.3 is 17.9 Å². The van der Waals surface area contributed by atoms with Gasteiger partial charge in [-0.05, 0) is 37.0 Å². The first-order chi connectivity index (χ1) is 31.1. The van der Waals surface area contributed by atoms with E-state index in [-0.39, 0.29) is 31.1 Å². The van der Waals surface area contributed by atoms with Gasteiger partial charge in [0.15, 0.2) is 6.10 Å². The van der Waals surface area contributed by atoms with Gasteiger partial charge in [0.05, 0.1) is 0 Å². The number of carbonyl (C=O) groups is 3. The van der Waals surface area contributed by atoms with E-state index >= 15 is 0 Å². The average molecular weight is 906 g/mol. The van der Waals surface area contributed by atoms with E-state index in [0.29, 0.717) is 19.3 Å². The molecule has 0 saturated heterocycles. The first-order valence-electron chi connectivity index (χ1n) is 28.6. The van der Waals surface area contributed by atoms with Crippen molar-refractivity contribution in [3.63, 3.8) is 0 Å². The first-order valence-corrected chi connectivity index (χ1v) is 28.6. The quantitative estimate of drug-likeness (QED) is 0.0344. The highest BCUT2D eigenvalue weighted by Crippen LogP contribution is 2.18. The van der Waals surface area contributed by atoms with Gasteiger partial charge in [-0.25, -0.2) is 0 Å². The van der Waals surface area contributed by atoms with Gasteiger partial charge in [-0.15, -0.1) is 0 Å². The van der Waals surface area contributed by atoms with Crippen LogP contribution in [0.4, 0.5) is 0 Å². The van der Waals surface area contributed by atoms with Crippen LogP contribution in [0.2, 0.25) is 0 Å². The Morgan fingerprint density at radius 2 is 0.453 bits per heavy atom. The normalized spacial score (nSPS) is 12.1. The number of rotatable bonds is 51. The Labute approximate surface area is 399 Å². The molecule has 64 heavy (non-hydrogen) atoms. The summed E-state index contributed by atoms with van der Waals surface area (Å²) in [5, 5.41) is 0. The van der Waals surface area contributed by atoms with Crippen LogP contribution in [0.5, 0.6) is 0 Å². The van der Waals surface area contributed by atoms with Crippen LogP contribution in [0.3, 0.4) is 0 Å². The lowest BCUT2D eigenvalue weighted by Crippen LogP contribution is -2.30. The summed E-state index contributed by atoms with van der Waals surface area (Å²) in [6.45, 7) is 13.7. The number of carbonyl (C=O) groups excluding carboxylic acids is 3. The Balaban J connectivity index is 4.24. The molecule has 0 aromatic carbocycles. The third kappa shape index (κ3) is 51.4. The zero-order chi connectivity index (χ0) is 47.0. The fraction of sp³-hybridized carbons (Fsp3) is 0.948. The summed E-state index contributed by atoms with van der Waals surface area (Å²) in [6, 6.07) is 0. The number of hydrogen-bond acceptors (Lipinski definition) is 6. The van der Waals surface area contributed by atoms with Gasteiger partial charge in [0.1, 0.15) is 13.2 Å². The van der Waals surface area contributed by atoms with Crippen molar-refractivity contribution in [1.29, 1.82) is 0 Å². The predicted octanol–water partition coefficient (Wildman–Crippen LogP) is 18.7. The van der Waals surface area contributed by atoms with Crippen molar-refractivity contribution in [3.8, 4) is 0 Å². The summed E-state index contributed by atoms with van der Waals surface area (Å²) in [7, 11) is 0. The summed E-state index contributed by atoms with van der Waals surface area (Å²) in [4.78, 5) is 38.1. The van der Waals surface area contributed by atoms with Gasteiger partial charge in [0.2, 0.25) is 0 Å². The molecular formula is C58H112O6. The van der Waals surface area contributed by atoms with Crippen LogP contribution < -0.4 is 0 Å². The standard InChI is InChI=1S/C58H112O6/c1-52(2)44-38-32-26-21-17-13-9-7-8-10-16-20-24-30-37-43-49-58(61)64-55(51-63-57(60)48-42-36-31-25-28-34-40-46-54(5)6)50-62-56(59)47-41-35-29-23-19-15-12-11-14-18-22-27-33-39-45-53(3)4/h52-55H,7-51H2,1-6H3/t55-/m1/s1. The molecule has 0 amide bonds. The second-order valence-corrected chi connectivity index (χ2v) is 21.4. The molecule has 6 heteroatoms. The van der Waals surface area contributed by atoms with Crippen molar-refractivity contribution in [2.45, 2.75) is 324 Å². The van der Waals surface area contributed by atoms with Crippen molar-refractivity contribution in [2.24, 2.45) is 17.8 Å². The molecule has 0 N–H and O–H groups in total. The fourth-order valence-electron chi connectivity index (χ4n) is 8.82. The van der Waals surface area contributed by atoms with E-state index in [4.69, 9.17) is 14.2 Å². The summed E-state index contributed by atoms with van der Waals surface area (Å²) >= 11 is 0. The number of hydrogen-bond donors (Lipinski definition) is 0. The average Bonchev–Trinajstić information content (AvgIpc) is 3.25. The largest absolute Gasteiger partial charge is 0.462 e. The minimum Gasteiger partial charge on any atom is -0.462 e. The number of unbranched alkanes of at least 4 members (excludes halogenated alkanes) is 34. The molecule has 0 aliphatic rings. The summed E-state index contributed by atoms with van der Waals surface area (Å²) in [5.74, 6) is 1.63. The highest BCUT2D eigenvalue weighted by Gasteiger charge is 2.19. The lowest BCUT2D eigenvalue weighted by atomic mass is 10.0. The molecule has 0 radical (unpaired) electrons. The van der Waals surface area contributed by atoms with Crippen LogP contribution in [0.1, 0.15) is 318 Å². The molecule has 1 atom stereocenters. The fourth-order valence-corrected chi connectivity index (χ4v) is 8.82. The summed E-state index contributed by atoms with van der Waals surface area (Å²) in [6.07, 6.45) is 51.1. The molecule has 0 heterocycles. The second-order valence-electron chi connectivity index (χ2n) is 21.4. The highest BCUT2D eigenvalue weighted by atomic mass is 16.6. The van der Waals surface area contributed by atoms with Crippen molar-refractivity contribution >= 4 is 17.9 Å². The van der Waals surface area contributed by atoms with Crippen LogP contribution in [-0.4, -0.2) is 37.2 Å². The molecular weight excluding hydrogens is 793 g/mol. The lowest BCUT2D eigenvalue weighted by molar-refractivity contribution is -0.167. The van der Waals surface area contributed by atoms with E-state index in [9.17, 15) is 14.4 Å². The molecule has 0 aliphatic heterocycles. The van der Waals surface area contributed by atoms with Gasteiger partial charge in [0, 0.05) is 19.3 Å². The molecule has 0 aromatic heterocycles. The monoisotopic (exact) mass is 905 g/mol. The molecule has 0 fully saturated rings. The number of ether oxygens (including phenoxy) is 3. The summed E-state index contributed by atoms with van der Waals surface area (Å²) in [5.41, 5.74) is 0. The van der Waals surface area contributed by atoms with E-state index < -0.39 is 6.10 Å². The van der Waals surface area contributed by atoms with Crippen molar-refractivity contribution < 1.29 is 28.6 Å². The second kappa shape index (κ2) is 49.3. The minimum absolute atomic E-state index is 0.0641. The molecule has 0 bridgehead atoms. The van der Waals surface area contributed by atoms with Gasteiger partial charge in [-0.2, -0.15) is 0 Å². The molecule has 380 valence electrons. The molecule has 0 aliphatic carbocycles. The Hall–Kier alpha value is -1.59. The SMILES string of the molecule is CC(C)CCCCCCCCCCCCCCCCCCC(=O)O[C@H](COC(=O)CCCCCCCCCCCCCCCCC(C)C)COC(=O)CCCCCCCCCC(C)C. The molecule has 0 unspecified atom stereocenters. The van der Waals surface area contributed by atoms with Crippen LogP contribution in [0, 0.1) is 17.8 Å². The molecule has 0 aromatic rings. The van der Waals surface area contributed by atoms with Crippen LogP contribution in [-0.2, 0) is 28.6 Å². The van der Waals surface area contributed by atoms with Gasteiger partial charge in [-0.1, -0.05) is 279 Å². The maximum absolute atomic E-state index is 12.8. The Morgan fingerprint density at radius 3 is 0.672 bits per heavy atom. The smallest absolute Gasteiger partial charge is 0.306 e. The molecule has 0 saturated carbocycles. The topological polar surface area (TPSA) is 78.9 Å². The zero-order valence-corrected chi connectivity index (χ0v) is 44.1. The van der Waals surface area contributed by atoms with Crippen molar-refractivity contribution in [2.75, 3.05) is 13.2 Å². The maximum Gasteiger partial charge on any atom is 0.306 e. The Bertz CT molecular complexity index is 991. The Kier molecular flexibility index (Phi) is 48.1. The number of esters is 3. The van der Waals surface area contributed by atoms with Gasteiger partial charge < -0.3 is 14.2 Å². The third-order valence-electron chi connectivity index (χ3n) is 13.1. The lowest BCUT2D eigenvalue weighted by Gasteiger charge is -2.18. The first kappa shape index (κ1) is 62.4. The molecule has 0 rings (SSSR count). The van der Waals surface area contributed by atoms with Gasteiger partial charge in [0.25, 0.3) is 0 Å². The van der Waals surface area contributed by atoms with Crippen molar-refractivity contribution in [1.82, 2.24) is 0 Å². The zero-order valence-electron chi connectivity index (χ0n) is 44.1. The van der Waals surface area contributed by atoms with E-state index in [2.05, 4.69) is 41.5 Å². The summed E-state index contributed by atoms with van der Waals surface area (Å²) < 4.78 is 16.9. The molecule has 6 nitrogen and oxygen atoms in total. The van der Waals surface area contributed by atoms with Crippen LogP contribution >= 0.6 is 0 Å². The predicted molar refractivity (Wildman–Crippen MR) is 275 cm³/mol. The minimum atomic E-state index is -0.763. The van der Waals surface area contributed by atoms with E-state index in [1.54, 1.807) is 0 Å². The van der Waals surface area contributed by atoms with Crippen LogP contribution in [0.25, 0.3) is 0 Å². The van der Waals surface area contributed by atoms with E-state index in [1.165, 1.54) is 199 Å². The maximum atomic E-state index is 12.8. The van der Waals surface area contributed by atoms with Crippen molar-refractivity contribution in [3.05, 3.63) is 0 Å². The third-order valence-corrected chi connectivity index (χ3v) is 13.1. The van der Waals surface area contributed by atoms with E-state index in [1.807, 2.05) is 0 Å². The van der Waals surface area contributed by atoms with Gasteiger partial charge in [-0.3, -0.25) is 14.4 Å². The molecule has 0 spiro atoms.